The molecule has 0 N–H and O–H groups in total. The summed E-state index contributed by atoms with van der Waals surface area (Å²) in [5.41, 5.74) is 0. The van der Waals surface area contributed by atoms with Crippen LogP contribution in [0, 0.1) is 0 Å². The molecule has 92 valence electrons. The number of halogens is 1. The SMILES string of the molecule is Clc1ccc(N2CCCN3CCCC3C2)nc1. The third kappa shape index (κ3) is 2.40. The molecule has 4 heteroatoms. The molecule has 1 unspecified atom stereocenters. The van der Waals surface area contributed by atoms with Crippen LogP contribution in [0.4, 0.5) is 5.82 Å². The van der Waals surface area contributed by atoms with Crippen LogP contribution >= 0.6 is 11.6 Å². The number of fused-ring (bicyclic) bond motifs is 1. The van der Waals surface area contributed by atoms with Crippen LogP contribution in [0.25, 0.3) is 0 Å². The molecule has 0 saturated carbocycles. The zero-order chi connectivity index (χ0) is 11.7. The lowest BCUT2D eigenvalue weighted by Gasteiger charge is -2.26. The van der Waals surface area contributed by atoms with Crippen LogP contribution in [-0.2, 0) is 0 Å². The Balaban J connectivity index is 1.76. The van der Waals surface area contributed by atoms with Crippen LogP contribution in [0.2, 0.25) is 5.02 Å². The first-order valence-electron chi connectivity index (χ1n) is 6.43. The number of pyridine rings is 1. The largest absolute Gasteiger partial charge is 0.355 e. The highest BCUT2D eigenvalue weighted by atomic mass is 35.5. The summed E-state index contributed by atoms with van der Waals surface area (Å²) in [5.74, 6) is 1.07. The molecule has 17 heavy (non-hydrogen) atoms. The molecule has 1 aromatic heterocycles. The molecule has 0 spiro atoms. The molecule has 0 aromatic carbocycles. The van der Waals surface area contributed by atoms with E-state index in [0.29, 0.717) is 5.02 Å². The molecule has 3 rings (SSSR count). The second-order valence-electron chi connectivity index (χ2n) is 4.97. The molecule has 1 aromatic rings. The van der Waals surface area contributed by atoms with Gasteiger partial charge in [0.2, 0.25) is 0 Å². The van der Waals surface area contributed by atoms with Gasteiger partial charge >= 0.3 is 0 Å². The Morgan fingerprint density at radius 3 is 2.88 bits per heavy atom. The van der Waals surface area contributed by atoms with Crippen molar-refractivity contribution in [2.24, 2.45) is 0 Å². The van der Waals surface area contributed by atoms with Gasteiger partial charge in [0, 0.05) is 31.9 Å². The molecule has 0 bridgehead atoms. The van der Waals surface area contributed by atoms with Gasteiger partial charge in [-0.1, -0.05) is 11.6 Å². The maximum Gasteiger partial charge on any atom is 0.128 e. The van der Waals surface area contributed by atoms with E-state index in [1.807, 2.05) is 12.1 Å². The fourth-order valence-electron chi connectivity index (χ4n) is 2.97. The highest BCUT2D eigenvalue weighted by molar-refractivity contribution is 6.30. The van der Waals surface area contributed by atoms with Gasteiger partial charge in [0.15, 0.2) is 0 Å². The third-order valence-electron chi connectivity index (χ3n) is 3.84. The van der Waals surface area contributed by atoms with Crippen LogP contribution in [-0.4, -0.2) is 42.1 Å². The summed E-state index contributed by atoms with van der Waals surface area (Å²) in [7, 11) is 0. The lowest BCUT2D eigenvalue weighted by Crippen LogP contribution is -2.36. The minimum Gasteiger partial charge on any atom is -0.355 e. The van der Waals surface area contributed by atoms with Crippen molar-refractivity contribution >= 4 is 17.4 Å². The van der Waals surface area contributed by atoms with Crippen molar-refractivity contribution in [1.29, 1.82) is 0 Å². The molecule has 3 nitrogen and oxygen atoms in total. The third-order valence-corrected chi connectivity index (χ3v) is 4.06. The summed E-state index contributed by atoms with van der Waals surface area (Å²) in [4.78, 5) is 9.48. The smallest absolute Gasteiger partial charge is 0.128 e. The normalized spacial score (nSPS) is 25.7. The average molecular weight is 252 g/mol. The lowest BCUT2D eigenvalue weighted by molar-refractivity contribution is 0.273. The van der Waals surface area contributed by atoms with Crippen LogP contribution in [0.1, 0.15) is 19.3 Å². The summed E-state index contributed by atoms with van der Waals surface area (Å²) in [6.07, 6.45) is 5.67. The molecule has 0 radical (unpaired) electrons. The van der Waals surface area contributed by atoms with Gasteiger partial charge in [-0.25, -0.2) is 4.98 Å². The monoisotopic (exact) mass is 251 g/mol. The van der Waals surface area contributed by atoms with Crippen molar-refractivity contribution in [3.8, 4) is 0 Å². The quantitative estimate of drug-likeness (QED) is 0.764. The number of hydrogen-bond donors (Lipinski definition) is 0. The van der Waals surface area contributed by atoms with Gasteiger partial charge in [-0.3, -0.25) is 4.90 Å². The number of rotatable bonds is 1. The van der Waals surface area contributed by atoms with Crippen molar-refractivity contribution in [3.63, 3.8) is 0 Å². The Morgan fingerprint density at radius 2 is 2.06 bits per heavy atom. The second-order valence-corrected chi connectivity index (χ2v) is 5.40. The molecular weight excluding hydrogens is 234 g/mol. The maximum absolute atomic E-state index is 5.88. The van der Waals surface area contributed by atoms with Gasteiger partial charge in [-0.2, -0.15) is 0 Å². The summed E-state index contributed by atoms with van der Waals surface area (Å²) in [5, 5.41) is 0.714. The summed E-state index contributed by atoms with van der Waals surface area (Å²) in [6.45, 7) is 4.76. The summed E-state index contributed by atoms with van der Waals surface area (Å²) >= 11 is 5.88. The van der Waals surface area contributed by atoms with Crippen LogP contribution < -0.4 is 4.90 Å². The van der Waals surface area contributed by atoms with Gasteiger partial charge in [-0.05, 0) is 37.9 Å². The number of nitrogens with zero attached hydrogens (tertiary/aromatic N) is 3. The van der Waals surface area contributed by atoms with E-state index >= 15 is 0 Å². The van der Waals surface area contributed by atoms with Crippen molar-refractivity contribution in [3.05, 3.63) is 23.4 Å². The van der Waals surface area contributed by atoms with E-state index in [1.165, 1.54) is 32.4 Å². The van der Waals surface area contributed by atoms with Gasteiger partial charge in [0.25, 0.3) is 0 Å². The predicted molar refractivity (Wildman–Crippen MR) is 70.7 cm³/mol. The Morgan fingerprint density at radius 1 is 1.18 bits per heavy atom. The van der Waals surface area contributed by atoms with E-state index in [-0.39, 0.29) is 0 Å². The molecule has 1 atom stereocenters. The Hall–Kier alpha value is -0.800. The number of hydrogen-bond acceptors (Lipinski definition) is 3. The summed E-state index contributed by atoms with van der Waals surface area (Å²) < 4.78 is 0. The Bertz CT molecular complexity index is 379. The Kier molecular flexibility index (Phi) is 3.21. The minimum absolute atomic E-state index is 0.714. The van der Waals surface area contributed by atoms with E-state index in [1.54, 1.807) is 6.20 Å². The first-order chi connectivity index (χ1) is 8.33. The van der Waals surface area contributed by atoms with Gasteiger partial charge in [0.05, 0.1) is 5.02 Å². The highest BCUT2D eigenvalue weighted by Crippen LogP contribution is 2.24. The first kappa shape index (κ1) is 11.3. The van der Waals surface area contributed by atoms with E-state index in [4.69, 9.17) is 11.6 Å². The zero-order valence-corrected chi connectivity index (χ0v) is 10.7. The number of aromatic nitrogens is 1. The van der Waals surface area contributed by atoms with Crippen molar-refractivity contribution in [1.82, 2.24) is 9.88 Å². The molecule has 2 aliphatic heterocycles. The first-order valence-corrected chi connectivity index (χ1v) is 6.81. The summed E-state index contributed by atoms with van der Waals surface area (Å²) in [6, 6.07) is 4.70. The van der Waals surface area contributed by atoms with E-state index < -0.39 is 0 Å². The molecule has 2 saturated heterocycles. The average Bonchev–Trinajstić information content (AvgIpc) is 2.68. The van der Waals surface area contributed by atoms with Gasteiger partial charge in [-0.15, -0.1) is 0 Å². The maximum atomic E-state index is 5.88. The van der Waals surface area contributed by atoms with Crippen LogP contribution in [0.5, 0.6) is 0 Å². The molecule has 0 amide bonds. The van der Waals surface area contributed by atoms with Crippen molar-refractivity contribution < 1.29 is 0 Å². The lowest BCUT2D eigenvalue weighted by atomic mass is 10.2. The Labute approximate surface area is 107 Å². The fraction of sp³-hybridized carbons (Fsp3) is 0.615. The zero-order valence-electron chi connectivity index (χ0n) is 9.98. The predicted octanol–water partition coefficient (Wildman–Crippen LogP) is 2.41. The standard InChI is InChI=1S/C13H18ClN3/c14-11-4-5-13(15-9-11)17-8-2-7-16-6-1-3-12(16)10-17/h4-5,9,12H,1-3,6-8,10H2. The van der Waals surface area contributed by atoms with Gasteiger partial charge < -0.3 is 4.90 Å². The second kappa shape index (κ2) is 4.83. The van der Waals surface area contributed by atoms with Crippen LogP contribution in [0.3, 0.4) is 0 Å². The molecule has 3 heterocycles. The fourth-order valence-corrected chi connectivity index (χ4v) is 3.08. The highest BCUT2D eigenvalue weighted by Gasteiger charge is 2.28. The topological polar surface area (TPSA) is 19.4 Å². The van der Waals surface area contributed by atoms with E-state index in [2.05, 4.69) is 14.8 Å². The van der Waals surface area contributed by atoms with Crippen LogP contribution in [0.15, 0.2) is 18.3 Å². The molecule has 2 fully saturated rings. The van der Waals surface area contributed by atoms with E-state index in [0.717, 1.165) is 24.9 Å². The van der Waals surface area contributed by atoms with E-state index in [9.17, 15) is 0 Å². The number of anilines is 1. The molecule has 0 aliphatic carbocycles. The van der Waals surface area contributed by atoms with Crippen molar-refractivity contribution in [2.75, 3.05) is 31.1 Å². The van der Waals surface area contributed by atoms with Crippen molar-refractivity contribution in [2.45, 2.75) is 25.3 Å². The minimum atomic E-state index is 0.714. The van der Waals surface area contributed by atoms with Gasteiger partial charge in [0.1, 0.15) is 5.82 Å². The molecular formula is C13H18ClN3. The molecule has 2 aliphatic rings.